The number of cyclic esters (lactones) is 1. The Bertz CT molecular complexity index is 259. The van der Waals surface area contributed by atoms with Crippen LogP contribution in [0.4, 0.5) is 4.79 Å². The summed E-state index contributed by atoms with van der Waals surface area (Å²) in [5.74, 6) is 0. The van der Waals surface area contributed by atoms with Gasteiger partial charge >= 0.3 is 6.09 Å². The number of aliphatic hydroxyl groups excluding tert-OH is 2. The number of alkyl carbamates (subject to hydrolysis) is 1. The largest absolute Gasteiger partial charge is 0.447 e. The van der Waals surface area contributed by atoms with Crippen LogP contribution in [-0.2, 0) is 9.47 Å². The molecule has 0 aromatic carbocycles. The van der Waals surface area contributed by atoms with Gasteiger partial charge in [-0.25, -0.2) is 4.79 Å². The van der Waals surface area contributed by atoms with Crippen LogP contribution in [0, 0.1) is 0 Å². The zero-order valence-electron chi connectivity index (χ0n) is 8.00. The maximum atomic E-state index is 10.9. The number of aliphatic hydroxyl groups is 2. The topological polar surface area (TPSA) is 114 Å². The number of nitrogens with one attached hydrogen (secondary N) is 1. The SMILES string of the molecule is NC[C@H]1OC2COC(=O)NC2C(O)[C@H]1O. The molecule has 0 bridgehead atoms. The maximum absolute atomic E-state index is 10.9. The third-order valence-electron chi connectivity index (χ3n) is 2.74. The minimum atomic E-state index is -1.09. The molecule has 2 aliphatic heterocycles. The molecule has 0 spiro atoms. The number of amides is 1. The Morgan fingerprint density at radius 1 is 1.47 bits per heavy atom. The second-order valence-electron chi connectivity index (χ2n) is 3.70. The van der Waals surface area contributed by atoms with E-state index < -0.39 is 36.6 Å². The van der Waals surface area contributed by atoms with Crippen molar-refractivity contribution < 1.29 is 24.5 Å². The van der Waals surface area contributed by atoms with Crippen LogP contribution in [0.2, 0.25) is 0 Å². The molecular formula is C8H14N2O5. The molecule has 2 heterocycles. The normalized spacial score (nSPS) is 45.3. The van der Waals surface area contributed by atoms with Gasteiger partial charge in [0.05, 0.1) is 12.1 Å². The fourth-order valence-corrected chi connectivity index (χ4v) is 1.89. The lowest BCUT2D eigenvalue weighted by molar-refractivity contribution is -0.196. The Morgan fingerprint density at radius 3 is 2.87 bits per heavy atom. The molecule has 7 nitrogen and oxygen atoms in total. The van der Waals surface area contributed by atoms with E-state index in [0.29, 0.717) is 0 Å². The quantitative estimate of drug-likeness (QED) is 0.388. The number of nitrogens with two attached hydrogens (primary N) is 1. The standard InChI is InChI=1S/C8H14N2O5/c9-1-3-6(11)7(12)5-4(15-3)2-14-8(13)10-5/h3-7,11-12H,1-2,9H2,(H,10,13)/t3-,4?,5?,6+,7?/m1/s1. The van der Waals surface area contributed by atoms with Crippen LogP contribution in [0.5, 0.6) is 0 Å². The smallest absolute Gasteiger partial charge is 0.407 e. The second kappa shape index (κ2) is 3.93. The van der Waals surface area contributed by atoms with Crippen molar-refractivity contribution in [2.75, 3.05) is 13.2 Å². The summed E-state index contributed by atoms with van der Waals surface area (Å²) in [7, 11) is 0. The molecule has 5 N–H and O–H groups in total. The van der Waals surface area contributed by atoms with Gasteiger partial charge in [0.15, 0.2) is 0 Å². The summed E-state index contributed by atoms with van der Waals surface area (Å²) >= 11 is 0. The molecule has 0 saturated carbocycles. The van der Waals surface area contributed by atoms with Gasteiger partial charge in [-0.05, 0) is 0 Å². The van der Waals surface area contributed by atoms with Gasteiger partial charge in [0, 0.05) is 6.54 Å². The highest BCUT2D eigenvalue weighted by Crippen LogP contribution is 2.23. The van der Waals surface area contributed by atoms with Gasteiger partial charge in [0.2, 0.25) is 0 Å². The molecular weight excluding hydrogens is 204 g/mol. The van der Waals surface area contributed by atoms with Gasteiger partial charge in [-0.15, -0.1) is 0 Å². The van der Waals surface area contributed by atoms with Crippen molar-refractivity contribution in [2.45, 2.75) is 30.5 Å². The van der Waals surface area contributed by atoms with E-state index in [2.05, 4.69) is 5.32 Å². The molecule has 15 heavy (non-hydrogen) atoms. The first-order chi connectivity index (χ1) is 7.13. The number of hydrogen-bond donors (Lipinski definition) is 4. The molecule has 5 atom stereocenters. The van der Waals surface area contributed by atoms with Crippen LogP contribution in [0.1, 0.15) is 0 Å². The van der Waals surface area contributed by atoms with Crippen molar-refractivity contribution in [3.8, 4) is 0 Å². The molecule has 1 amide bonds. The van der Waals surface area contributed by atoms with Crippen LogP contribution in [0.25, 0.3) is 0 Å². The van der Waals surface area contributed by atoms with Gasteiger partial charge in [-0.3, -0.25) is 0 Å². The Balaban J connectivity index is 2.11. The van der Waals surface area contributed by atoms with Crippen molar-refractivity contribution in [1.29, 1.82) is 0 Å². The molecule has 0 aliphatic carbocycles. The first-order valence-corrected chi connectivity index (χ1v) is 4.78. The summed E-state index contributed by atoms with van der Waals surface area (Å²) < 4.78 is 10.1. The van der Waals surface area contributed by atoms with Crippen molar-refractivity contribution in [3.63, 3.8) is 0 Å². The lowest BCUT2D eigenvalue weighted by Gasteiger charge is -2.44. The minimum Gasteiger partial charge on any atom is -0.447 e. The Hall–Kier alpha value is -0.890. The third-order valence-corrected chi connectivity index (χ3v) is 2.74. The fourth-order valence-electron chi connectivity index (χ4n) is 1.89. The molecule has 2 aliphatic rings. The Kier molecular flexibility index (Phi) is 2.79. The van der Waals surface area contributed by atoms with Gasteiger partial charge in [-0.1, -0.05) is 0 Å². The van der Waals surface area contributed by atoms with Gasteiger partial charge in [0.25, 0.3) is 0 Å². The van der Waals surface area contributed by atoms with Crippen LogP contribution in [-0.4, -0.2) is 59.9 Å². The van der Waals surface area contributed by atoms with Crippen molar-refractivity contribution in [2.24, 2.45) is 5.73 Å². The predicted octanol–water partition coefficient (Wildman–Crippen LogP) is -2.46. The summed E-state index contributed by atoms with van der Waals surface area (Å²) in [5, 5.41) is 21.8. The molecule has 2 rings (SSSR count). The second-order valence-corrected chi connectivity index (χ2v) is 3.70. The number of carbonyl (C=O) groups is 1. The highest BCUT2D eigenvalue weighted by Gasteiger charge is 2.47. The number of carbonyl (C=O) groups excluding carboxylic acids is 1. The number of hydrogen-bond acceptors (Lipinski definition) is 6. The summed E-state index contributed by atoms with van der Waals surface area (Å²) in [6.07, 6.45) is -3.87. The summed E-state index contributed by atoms with van der Waals surface area (Å²) in [6.45, 7) is 0.173. The van der Waals surface area contributed by atoms with E-state index in [1.54, 1.807) is 0 Å². The predicted molar refractivity (Wildman–Crippen MR) is 48.0 cm³/mol. The molecule has 3 unspecified atom stereocenters. The van der Waals surface area contributed by atoms with E-state index in [4.69, 9.17) is 15.2 Å². The molecule has 0 aromatic rings. The average Bonchev–Trinajstić information content (AvgIpc) is 2.24. The van der Waals surface area contributed by atoms with Gasteiger partial charge in [0.1, 0.15) is 24.9 Å². The molecule has 86 valence electrons. The number of ether oxygens (including phenoxy) is 2. The zero-order chi connectivity index (χ0) is 11.0. The first kappa shape index (κ1) is 10.6. The number of fused-ring (bicyclic) bond motifs is 1. The highest BCUT2D eigenvalue weighted by molar-refractivity contribution is 5.68. The molecule has 2 fully saturated rings. The van der Waals surface area contributed by atoms with Gasteiger partial charge < -0.3 is 30.7 Å². The van der Waals surface area contributed by atoms with Gasteiger partial charge in [-0.2, -0.15) is 0 Å². The minimum absolute atomic E-state index is 0.0663. The third kappa shape index (κ3) is 1.78. The maximum Gasteiger partial charge on any atom is 0.407 e. The van der Waals surface area contributed by atoms with Crippen LogP contribution in [0.15, 0.2) is 0 Å². The lowest BCUT2D eigenvalue weighted by atomic mass is 9.92. The van der Waals surface area contributed by atoms with Crippen LogP contribution >= 0.6 is 0 Å². The van der Waals surface area contributed by atoms with E-state index in [1.165, 1.54) is 0 Å². The van der Waals surface area contributed by atoms with E-state index in [-0.39, 0.29) is 13.2 Å². The fraction of sp³-hybridized carbons (Fsp3) is 0.875. The Labute approximate surface area is 86.1 Å². The van der Waals surface area contributed by atoms with Crippen molar-refractivity contribution in [3.05, 3.63) is 0 Å². The lowest BCUT2D eigenvalue weighted by Crippen LogP contribution is -2.68. The van der Waals surface area contributed by atoms with E-state index in [9.17, 15) is 15.0 Å². The summed E-state index contributed by atoms with van der Waals surface area (Å²) in [4.78, 5) is 10.9. The zero-order valence-corrected chi connectivity index (χ0v) is 8.00. The first-order valence-electron chi connectivity index (χ1n) is 4.78. The summed E-state index contributed by atoms with van der Waals surface area (Å²) in [5.41, 5.74) is 5.38. The Morgan fingerprint density at radius 2 is 2.20 bits per heavy atom. The van der Waals surface area contributed by atoms with Crippen LogP contribution in [0.3, 0.4) is 0 Å². The van der Waals surface area contributed by atoms with E-state index in [0.717, 1.165) is 0 Å². The highest BCUT2D eigenvalue weighted by atomic mass is 16.6. The number of rotatable bonds is 1. The van der Waals surface area contributed by atoms with E-state index >= 15 is 0 Å². The summed E-state index contributed by atoms with van der Waals surface area (Å²) in [6, 6.07) is -0.635. The monoisotopic (exact) mass is 218 g/mol. The van der Waals surface area contributed by atoms with E-state index in [1.807, 2.05) is 0 Å². The van der Waals surface area contributed by atoms with Crippen molar-refractivity contribution in [1.82, 2.24) is 5.32 Å². The average molecular weight is 218 g/mol. The molecule has 2 saturated heterocycles. The molecule has 0 aromatic heterocycles. The molecule has 0 radical (unpaired) electrons. The van der Waals surface area contributed by atoms with Crippen LogP contribution < -0.4 is 11.1 Å². The molecule has 7 heteroatoms. The van der Waals surface area contributed by atoms with Crippen molar-refractivity contribution >= 4 is 6.09 Å².